The second-order valence-electron chi connectivity index (χ2n) is 12.6. The molecule has 0 amide bonds. The predicted molar refractivity (Wildman–Crippen MR) is 169 cm³/mol. The Balaban J connectivity index is 0.000000162. The standard InChI is InChI=1S/C16H18ClF4NOSi.C12H9ClFNO.C4H8O/c1-24(2,3)23-15(16(19,20)21)6-4-5-10-11-7-9(18)8-12(17)13(11)22-14(10)15;13-9-5-6(14)4-8-7-2-1-3-10(16)12(7)15-11(8)9;1-2-4-5-3-1/h7-8,22H,4-6H2,1-3H3;4-5,15H,1-3H2;1-4H2. The second kappa shape index (κ2) is 13.0. The van der Waals surface area contributed by atoms with E-state index in [0.717, 1.165) is 43.1 Å². The summed E-state index contributed by atoms with van der Waals surface area (Å²) in [6, 6.07) is 5.03. The summed E-state index contributed by atoms with van der Waals surface area (Å²) in [6.45, 7) is 7.18. The van der Waals surface area contributed by atoms with Crippen molar-refractivity contribution in [1.82, 2.24) is 9.97 Å². The number of aryl methyl sites for hydroxylation is 2. The Hall–Kier alpha value is -2.44. The van der Waals surface area contributed by atoms with Crippen LogP contribution >= 0.6 is 23.2 Å². The van der Waals surface area contributed by atoms with Gasteiger partial charge in [0.2, 0.25) is 0 Å². The van der Waals surface area contributed by atoms with Crippen LogP contribution in [0, 0.1) is 11.6 Å². The van der Waals surface area contributed by atoms with Gasteiger partial charge in [-0.15, -0.1) is 0 Å². The first-order chi connectivity index (χ1) is 21.1. The van der Waals surface area contributed by atoms with Gasteiger partial charge in [-0.05, 0) is 100.0 Å². The van der Waals surface area contributed by atoms with Gasteiger partial charge in [0.25, 0.3) is 0 Å². The van der Waals surface area contributed by atoms with Gasteiger partial charge in [-0.25, -0.2) is 8.78 Å². The van der Waals surface area contributed by atoms with Crippen LogP contribution in [0.2, 0.25) is 29.7 Å². The second-order valence-corrected chi connectivity index (χ2v) is 17.8. The first-order valence-electron chi connectivity index (χ1n) is 15.0. The highest BCUT2D eigenvalue weighted by Gasteiger charge is 2.61. The number of hydrogen-bond donors (Lipinski definition) is 2. The van der Waals surface area contributed by atoms with Crippen LogP contribution in [0.4, 0.5) is 22.0 Å². The molecule has 1 fully saturated rings. The molecule has 1 unspecified atom stereocenters. The maximum Gasteiger partial charge on any atom is 0.422 e. The molecule has 3 aliphatic rings. The molecule has 0 bridgehead atoms. The third-order valence-electron chi connectivity index (χ3n) is 8.10. The fraction of sp³-hybridized carbons (Fsp3) is 0.469. The number of aromatic amines is 2. The summed E-state index contributed by atoms with van der Waals surface area (Å²) in [7, 11) is -2.52. The van der Waals surface area contributed by atoms with Gasteiger partial charge >= 0.3 is 6.18 Å². The third-order valence-corrected chi connectivity index (χ3v) is 9.66. The van der Waals surface area contributed by atoms with Crippen LogP contribution < -0.4 is 0 Å². The molecule has 2 aromatic heterocycles. The molecule has 2 aliphatic carbocycles. The molecule has 7 rings (SSSR count). The number of ketones is 1. The molecule has 1 aliphatic heterocycles. The monoisotopic (exact) mass is 688 g/mol. The van der Waals surface area contributed by atoms with Crippen LogP contribution in [0.15, 0.2) is 24.3 Å². The number of halogens is 7. The van der Waals surface area contributed by atoms with E-state index in [-0.39, 0.29) is 28.7 Å². The van der Waals surface area contributed by atoms with Gasteiger partial charge in [-0.3, -0.25) is 4.79 Å². The van der Waals surface area contributed by atoms with Crippen molar-refractivity contribution in [3.63, 3.8) is 0 Å². The lowest BCUT2D eigenvalue weighted by Gasteiger charge is -2.42. The number of nitrogens with one attached hydrogen (secondary N) is 2. The number of ether oxygens (including phenoxy) is 1. The number of carbonyl (C=O) groups is 1. The first-order valence-corrected chi connectivity index (χ1v) is 19.2. The van der Waals surface area contributed by atoms with Crippen LogP contribution in [0.3, 0.4) is 0 Å². The quantitative estimate of drug-likeness (QED) is 0.163. The lowest BCUT2D eigenvalue weighted by atomic mass is 9.82. The van der Waals surface area contributed by atoms with Crippen LogP contribution in [0.25, 0.3) is 21.8 Å². The van der Waals surface area contributed by atoms with Gasteiger partial charge in [0.05, 0.1) is 32.5 Å². The summed E-state index contributed by atoms with van der Waals surface area (Å²) in [5, 5.41) is 1.55. The molecule has 0 radical (unpaired) electrons. The van der Waals surface area contributed by atoms with Gasteiger partial charge in [-0.2, -0.15) is 13.2 Å². The summed E-state index contributed by atoms with van der Waals surface area (Å²) in [5.74, 6) is -0.838. The number of H-pyrrole nitrogens is 2. The summed E-state index contributed by atoms with van der Waals surface area (Å²) in [6.07, 6.45) is 0.767. The minimum Gasteiger partial charge on any atom is -0.399 e. The molecule has 4 aromatic rings. The van der Waals surface area contributed by atoms with Crippen molar-refractivity contribution in [2.75, 3.05) is 13.2 Å². The van der Waals surface area contributed by atoms with E-state index in [0.29, 0.717) is 52.0 Å². The Labute approximate surface area is 268 Å². The molecular formula is C32H35Cl2F5N2O3Si. The van der Waals surface area contributed by atoms with Gasteiger partial charge in [-0.1, -0.05) is 23.2 Å². The van der Waals surface area contributed by atoms with E-state index in [2.05, 4.69) is 9.97 Å². The average Bonchev–Trinajstić information content (AvgIpc) is 3.69. The zero-order valence-electron chi connectivity index (χ0n) is 25.3. The Morgan fingerprint density at radius 2 is 1.38 bits per heavy atom. The topological polar surface area (TPSA) is 67.1 Å². The van der Waals surface area contributed by atoms with E-state index < -0.39 is 25.9 Å². The zero-order valence-corrected chi connectivity index (χ0v) is 27.8. The summed E-state index contributed by atoms with van der Waals surface area (Å²) in [5.41, 5.74) is 0.561. The van der Waals surface area contributed by atoms with Gasteiger partial charge in [0, 0.05) is 30.4 Å². The zero-order chi connectivity index (χ0) is 32.7. The molecule has 13 heteroatoms. The van der Waals surface area contributed by atoms with Crippen LogP contribution in [0.1, 0.15) is 65.8 Å². The smallest absolute Gasteiger partial charge is 0.399 e. The summed E-state index contributed by atoms with van der Waals surface area (Å²) >= 11 is 12.0. The number of rotatable bonds is 2. The van der Waals surface area contributed by atoms with Crippen LogP contribution in [-0.2, 0) is 27.6 Å². The van der Waals surface area contributed by atoms with E-state index in [1.54, 1.807) is 19.6 Å². The van der Waals surface area contributed by atoms with Crippen molar-refractivity contribution in [3.05, 3.63) is 68.5 Å². The number of aromatic nitrogens is 2. The number of alkyl halides is 3. The van der Waals surface area contributed by atoms with E-state index in [4.69, 9.17) is 32.4 Å². The van der Waals surface area contributed by atoms with Crippen molar-refractivity contribution in [2.45, 2.75) is 82.8 Å². The number of hydrogen-bond acceptors (Lipinski definition) is 3. The Morgan fingerprint density at radius 3 is 1.91 bits per heavy atom. The van der Waals surface area contributed by atoms with E-state index in [9.17, 15) is 26.7 Å². The third kappa shape index (κ3) is 6.97. The molecular weight excluding hydrogens is 654 g/mol. The van der Waals surface area contributed by atoms with E-state index in [1.165, 1.54) is 31.0 Å². The van der Waals surface area contributed by atoms with Gasteiger partial charge in [0.15, 0.2) is 19.7 Å². The molecule has 1 atom stereocenters. The minimum absolute atomic E-state index is 0.0221. The van der Waals surface area contributed by atoms with Crippen molar-refractivity contribution in [2.24, 2.45) is 0 Å². The molecule has 244 valence electrons. The van der Waals surface area contributed by atoms with Crippen molar-refractivity contribution >= 4 is 59.1 Å². The molecule has 2 aromatic carbocycles. The van der Waals surface area contributed by atoms with Crippen molar-refractivity contribution in [1.29, 1.82) is 0 Å². The first kappa shape index (κ1) is 33.9. The Bertz CT molecular complexity index is 1720. The maximum atomic E-state index is 14.1. The molecule has 0 saturated carbocycles. The average molecular weight is 690 g/mol. The SMILES string of the molecule is C1CCOC1.C[Si](C)(C)OC1(C(F)(F)F)CCCc2c1[nH]c1c(Cl)cc(F)cc21.O=C1CCCc2c1[nH]c1c(Cl)cc(F)cc21. The lowest BCUT2D eigenvalue weighted by molar-refractivity contribution is -0.264. The number of benzene rings is 2. The van der Waals surface area contributed by atoms with Gasteiger partial charge in [0.1, 0.15) is 11.6 Å². The van der Waals surface area contributed by atoms with E-state index in [1.807, 2.05) is 0 Å². The molecule has 2 N–H and O–H groups in total. The van der Waals surface area contributed by atoms with Gasteiger partial charge < -0.3 is 19.1 Å². The van der Waals surface area contributed by atoms with Crippen LogP contribution in [-0.4, -0.2) is 43.5 Å². The molecule has 1 saturated heterocycles. The van der Waals surface area contributed by atoms with Crippen LogP contribution in [0.5, 0.6) is 0 Å². The largest absolute Gasteiger partial charge is 0.422 e. The highest BCUT2D eigenvalue weighted by atomic mass is 35.5. The maximum absolute atomic E-state index is 14.1. The van der Waals surface area contributed by atoms with Crippen molar-refractivity contribution in [3.8, 4) is 0 Å². The number of carbonyl (C=O) groups excluding carboxylic acids is 1. The summed E-state index contributed by atoms with van der Waals surface area (Å²) in [4.78, 5) is 17.5. The molecule has 45 heavy (non-hydrogen) atoms. The molecule has 3 heterocycles. The minimum atomic E-state index is -4.58. The predicted octanol–water partition coefficient (Wildman–Crippen LogP) is 10.2. The fourth-order valence-electron chi connectivity index (χ4n) is 6.32. The fourth-order valence-corrected chi connectivity index (χ4v) is 8.19. The number of Topliss-reactive ketones (excluding diaryl/α,β-unsaturated/α-hetero) is 1. The summed E-state index contributed by atoms with van der Waals surface area (Å²) < 4.78 is 79.9. The molecule has 0 spiro atoms. The Kier molecular flexibility index (Phi) is 9.78. The van der Waals surface area contributed by atoms with E-state index >= 15 is 0 Å². The lowest BCUT2D eigenvalue weighted by Crippen LogP contribution is -2.52. The molecule has 5 nitrogen and oxygen atoms in total. The van der Waals surface area contributed by atoms with Crippen molar-refractivity contribution < 1.29 is 35.9 Å². The number of fused-ring (bicyclic) bond motifs is 6. The normalized spacial score (nSPS) is 19.9. The highest BCUT2D eigenvalue weighted by molar-refractivity contribution is 6.69. The highest BCUT2D eigenvalue weighted by Crippen LogP contribution is 2.52. The Morgan fingerprint density at radius 1 is 0.822 bits per heavy atom.